The van der Waals surface area contributed by atoms with Crippen LogP contribution in [0, 0.1) is 0 Å². The van der Waals surface area contributed by atoms with Crippen LogP contribution in [0.1, 0.15) is 10.8 Å². The maximum atomic E-state index is 11.9. The zero-order valence-electron chi connectivity index (χ0n) is 9.76. The largest absolute Gasteiger partial charge is 0.468 e. The quantitative estimate of drug-likeness (QED) is 0.693. The number of aromatic amines is 1. The van der Waals surface area contributed by atoms with Crippen LogP contribution in [-0.4, -0.2) is 28.3 Å². The zero-order valence-corrected chi connectivity index (χ0v) is 12.1. The molecule has 100 valence electrons. The van der Waals surface area contributed by atoms with Crippen LogP contribution in [0.5, 0.6) is 0 Å². The molecule has 0 radical (unpaired) electrons. The van der Waals surface area contributed by atoms with Gasteiger partial charge in [0.25, 0.3) is 0 Å². The molecule has 0 aliphatic carbocycles. The predicted molar refractivity (Wildman–Crippen MR) is 73.5 cm³/mol. The molecule has 0 amide bonds. The molecule has 1 atom stereocenters. The van der Waals surface area contributed by atoms with E-state index >= 15 is 0 Å². The van der Waals surface area contributed by atoms with Crippen LogP contribution in [0.4, 0.5) is 0 Å². The van der Waals surface area contributed by atoms with Crippen LogP contribution < -0.4 is 0 Å². The van der Waals surface area contributed by atoms with Gasteiger partial charge in [0.15, 0.2) is 5.16 Å². The first-order valence-corrected chi connectivity index (χ1v) is 6.80. The van der Waals surface area contributed by atoms with Crippen molar-refractivity contribution >= 4 is 40.9 Å². The van der Waals surface area contributed by atoms with Gasteiger partial charge in [-0.15, -0.1) is 0 Å². The van der Waals surface area contributed by atoms with Crippen LogP contribution in [0.15, 0.2) is 29.7 Å². The normalized spacial score (nSPS) is 12.2. The Hall–Kier alpha value is -1.24. The van der Waals surface area contributed by atoms with E-state index in [-0.39, 0.29) is 0 Å². The molecule has 0 fully saturated rings. The lowest BCUT2D eigenvalue weighted by Gasteiger charge is -2.14. The van der Waals surface area contributed by atoms with Gasteiger partial charge in [-0.1, -0.05) is 41.0 Å². The molecule has 2 rings (SSSR count). The first-order valence-electron chi connectivity index (χ1n) is 5.16. The minimum atomic E-state index is -0.636. The van der Waals surface area contributed by atoms with Crippen LogP contribution in [0.3, 0.4) is 0 Å². The van der Waals surface area contributed by atoms with E-state index in [1.165, 1.54) is 25.2 Å². The Morgan fingerprint density at radius 2 is 2.26 bits per heavy atom. The van der Waals surface area contributed by atoms with E-state index in [1.807, 2.05) is 0 Å². The molecule has 0 bridgehead atoms. The number of H-pyrrole nitrogens is 1. The minimum Gasteiger partial charge on any atom is -0.468 e. The van der Waals surface area contributed by atoms with Crippen molar-refractivity contribution in [2.75, 3.05) is 7.11 Å². The fraction of sp³-hybridized carbons (Fsp3) is 0.182. The Balaban J connectivity index is 2.34. The Bertz CT molecular complexity index is 577. The average molecular weight is 318 g/mol. The van der Waals surface area contributed by atoms with E-state index in [4.69, 9.17) is 27.9 Å². The van der Waals surface area contributed by atoms with E-state index in [0.717, 1.165) is 0 Å². The summed E-state index contributed by atoms with van der Waals surface area (Å²) < 4.78 is 4.79. The number of nitrogens with one attached hydrogen (secondary N) is 1. The SMILES string of the molecule is COC(=O)C(Sc1ncn[nH]1)c1ccc(Cl)cc1Cl. The summed E-state index contributed by atoms with van der Waals surface area (Å²) in [7, 11) is 1.32. The van der Waals surface area contributed by atoms with Crippen molar-refractivity contribution in [3.63, 3.8) is 0 Å². The van der Waals surface area contributed by atoms with Crippen LogP contribution in [0.2, 0.25) is 10.0 Å². The number of halogens is 2. The lowest BCUT2D eigenvalue weighted by molar-refractivity contribution is -0.140. The van der Waals surface area contributed by atoms with Crippen molar-refractivity contribution in [1.82, 2.24) is 15.2 Å². The van der Waals surface area contributed by atoms with Gasteiger partial charge in [-0.2, -0.15) is 5.10 Å². The standard InChI is InChI=1S/C11H9Cl2N3O2S/c1-18-10(17)9(19-11-14-5-15-16-11)7-3-2-6(12)4-8(7)13/h2-5,9H,1H3,(H,14,15,16). The van der Waals surface area contributed by atoms with E-state index in [0.29, 0.717) is 20.8 Å². The molecule has 2 aromatic rings. The van der Waals surface area contributed by atoms with Gasteiger partial charge in [-0.25, -0.2) is 4.98 Å². The van der Waals surface area contributed by atoms with Gasteiger partial charge in [0.05, 0.1) is 7.11 Å². The fourth-order valence-electron chi connectivity index (χ4n) is 1.42. The highest BCUT2D eigenvalue weighted by Crippen LogP contribution is 2.38. The molecule has 0 saturated heterocycles. The maximum absolute atomic E-state index is 11.9. The first-order chi connectivity index (χ1) is 9.11. The number of hydrogen-bond donors (Lipinski definition) is 1. The molecular weight excluding hydrogens is 309 g/mol. The second-order valence-corrected chi connectivity index (χ2v) is 5.41. The van der Waals surface area contributed by atoms with E-state index in [2.05, 4.69) is 15.2 Å². The lowest BCUT2D eigenvalue weighted by atomic mass is 10.1. The zero-order chi connectivity index (χ0) is 13.8. The van der Waals surface area contributed by atoms with Gasteiger partial charge in [-0.3, -0.25) is 9.89 Å². The molecule has 1 unspecified atom stereocenters. The Morgan fingerprint density at radius 1 is 1.47 bits per heavy atom. The number of hydrogen-bond acceptors (Lipinski definition) is 5. The number of aromatic nitrogens is 3. The fourth-order valence-corrected chi connectivity index (χ4v) is 2.97. The van der Waals surface area contributed by atoms with E-state index in [1.54, 1.807) is 18.2 Å². The summed E-state index contributed by atoms with van der Waals surface area (Å²) >= 11 is 13.1. The monoisotopic (exact) mass is 317 g/mol. The van der Waals surface area contributed by atoms with Crippen molar-refractivity contribution in [2.24, 2.45) is 0 Å². The smallest absolute Gasteiger partial charge is 0.323 e. The van der Waals surface area contributed by atoms with Gasteiger partial charge in [0, 0.05) is 10.0 Å². The molecule has 0 spiro atoms. The van der Waals surface area contributed by atoms with Crippen LogP contribution in [-0.2, 0) is 9.53 Å². The molecule has 1 aromatic heterocycles. The molecule has 0 aliphatic heterocycles. The third-order valence-corrected chi connectivity index (χ3v) is 3.95. The first kappa shape index (κ1) is 14.2. The number of benzene rings is 1. The van der Waals surface area contributed by atoms with E-state index < -0.39 is 11.2 Å². The molecule has 1 heterocycles. The molecule has 1 aromatic carbocycles. The van der Waals surface area contributed by atoms with Gasteiger partial charge in [0.1, 0.15) is 11.6 Å². The second kappa shape index (κ2) is 6.27. The number of esters is 1. The highest BCUT2D eigenvalue weighted by Gasteiger charge is 2.26. The Labute approximate surface area is 123 Å². The third kappa shape index (κ3) is 3.40. The maximum Gasteiger partial charge on any atom is 0.323 e. The average Bonchev–Trinajstić information content (AvgIpc) is 2.89. The van der Waals surface area contributed by atoms with Gasteiger partial charge >= 0.3 is 5.97 Å². The summed E-state index contributed by atoms with van der Waals surface area (Å²) in [6, 6.07) is 4.94. The van der Waals surface area contributed by atoms with Crippen molar-refractivity contribution < 1.29 is 9.53 Å². The molecule has 5 nitrogen and oxygen atoms in total. The van der Waals surface area contributed by atoms with Gasteiger partial charge in [0.2, 0.25) is 0 Å². The molecular formula is C11H9Cl2N3O2S. The summed E-state index contributed by atoms with van der Waals surface area (Å²) in [6.45, 7) is 0. The van der Waals surface area contributed by atoms with Crippen molar-refractivity contribution in [2.45, 2.75) is 10.4 Å². The molecule has 8 heteroatoms. The number of ether oxygens (including phenoxy) is 1. The molecule has 19 heavy (non-hydrogen) atoms. The Kier molecular flexibility index (Phi) is 4.68. The number of thioether (sulfide) groups is 1. The Morgan fingerprint density at radius 3 is 2.84 bits per heavy atom. The number of nitrogens with zero attached hydrogens (tertiary/aromatic N) is 2. The molecule has 0 saturated carbocycles. The minimum absolute atomic E-state index is 0.398. The highest BCUT2D eigenvalue weighted by molar-refractivity contribution is 8.00. The highest BCUT2D eigenvalue weighted by atomic mass is 35.5. The van der Waals surface area contributed by atoms with Gasteiger partial charge in [-0.05, 0) is 17.7 Å². The number of carbonyl (C=O) groups is 1. The summed E-state index contributed by atoms with van der Waals surface area (Å²) in [5.74, 6) is -0.425. The third-order valence-electron chi connectivity index (χ3n) is 2.28. The topological polar surface area (TPSA) is 67.9 Å². The number of methoxy groups -OCH3 is 1. The van der Waals surface area contributed by atoms with Crippen molar-refractivity contribution in [3.8, 4) is 0 Å². The van der Waals surface area contributed by atoms with Crippen molar-refractivity contribution in [1.29, 1.82) is 0 Å². The van der Waals surface area contributed by atoms with Gasteiger partial charge < -0.3 is 4.74 Å². The number of rotatable bonds is 4. The summed E-state index contributed by atoms with van der Waals surface area (Å²) in [5.41, 5.74) is 0.610. The lowest BCUT2D eigenvalue weighted by Crippen LogP contribution is -2.12. The number of carbonyl (C=O) groups excluding carboxylic acids is 1. The predicted octanol–water partition coefficient (Wildman–Crippen LogP) is 3.12. The summed E-state index contributed by atoms with van der Waals surface area (Å²) in [6.07, 6.45) is 1.36. The van der Waals surface area contributed by atoms with E-state index in [9.17, 15) is 4.79 Å². The molecule has 1 N–H and O–H groups in total. The summed E-state index contributed by atoms with van der Waals surface area (Å²) in [5, 5.41) is 7.16. The second-order valence-electron chi connectivity index (χ2n) is 3.48. The van der Waals surface area contributed by atoms with Crippen molar-refractivity contribution in [3.05, 3.63) is 40.1 Å². The summed E-state index contributed by atoms with van der Waals surface area (Å²) in [4.78, 5) is 15.8. The molecule has 0 aliphatic rings. The van der Waals surface area contributed by atoms with Crippen LogP contribution >= 0.6 is 35.0 Å². The van der Waals surface area contributed by atoms with Crippen LogP contribution in [0.25, 0.3) is 0 Å².